The molecule has 4 heteroatoms. The van der Waals surface area contributed by atoms with E-state index < -0.39 is 11.9 Å². The van der Waals surface area contributed by atoms with Crippen LogP contribution < -0.4 is 5.32 Å². The molecule has 0 aliphatic heterocycles. The highest BCUT2D eigenvalue weighted by atomic mass is 16.5. The molecule has 1 atom stereocenters. The summed E-state index contributed by atoms with van der Waals surface area (Å²) >= 11 is 0. The smallest absolute Gasteiger partial charge is 0.313 e. The highest BCUT2D eigenvalue weighted by Gasteiger charge is 2.11. The lowest BCUT2D eigenvalue weighted by Gasteiger charge is -2.12. The van der Waals surface area contributed by atoms with E-state index >= 15 is 0 Å². The number of hydrogen-bond acceptors (Lipinski definition) is 3. The number of hydrogen-bond donors (Lipinski definition) is 1. The Morgan fingerprint density at radius 3 is 2.40 bits per heavy atom. The molecule has 56 valence electrons. The highest BCUT2D eigenvalue weighted by Crippen LogP contribution is 1.90. The van der Waals surface area contributed by atoms with Crippen molar-refractivity contribution < 1.29 is 9.53 Å². The van der Waals surface area contributed by atoms with Crippen LogP contribution in [0.25, 0.3) is 0 Å². The maximum atomic E-state index is 10.8. The van der Waals surface area contributed by atoms with Crippen LogP contribution in [-0.2, 0) is 9.53 Å². The predicted molar refractivity (Wildman–Crippen MR) is 39.8 cm³/mol. The van der Waals surface area contributed by atoms with E-state index in [0.29, 0.717) is 0 Å². The van der Waals surface area contributed by atoms with Crippen LogP contribution in [0.15, 0.2) is 0 Å². The molecule has 0 aliphatic carbocycles. The van der Waals surface area contributed by atoms with Crippen LogP contribution in [0.4, 0.5) is 0 Å². The average molecular weight is 141 g/mol. The number of likely N-dealkylation sites (N-methyl/N-ethyl adjacent to an activating group) is 1. The normalized spacial score (nSPS) is 13.2. The molecule has 3 nitrogen and oxygen atoms in total. The van der Waals surface area contributed by atoms with Gasteiger partial charge in [0.1, 0.15) is 7.85 Å². The number of esters is 1. The van der Waals surface area contributed by atoms with Crippen molar-refractivity contribution in [2.24, 2.45) is 0 Å². The lowest BCUT2D eigenvalue weighted by molar-refractivity contribution is -0.147. The zero-order valence-electron chi connectivity index (χ0n) is 6.55. The molecule has 1 unspecified atom stereocenters. The molecule has 0 aromatic carbocycles. The van der Waals surface area contributed by atoms with E-state index in [-0.39, 0.29) is 6.10 Å². The summed E-state index contributed by atoms with van der Waals surface area (Å²) in [5, 5.41) is 2.57. The van der Waals surface area contributed by atoms with Gasteiger partial charge in [0, 0.05) is 0 Å². The second-order valence-electron chi connectivity index (χ2n) is 2.25. The number of nitrogens with one attached hydrogen (secondary N) is 1. The molecule has 0 saturated heterocycles. The van der Waals surface area contributed by atoms with E-state index in [1.807, 2.05) is 0 Å². The molecule has 1 N–H and O–H groups in total. The molecule has 0 aromatic rings. The van der Waals surface area contributed by atoms with E-state index in [0.717, 1.165) is 0 Å². The number of carbonyl (C=O) groups is 1. The number of rotatable bonds is 3. The third kappa shape index (κ3) is 3.51. The van der Waals surface area contributed by atoms with Gasteiger partial charge in [-0.2, -0.15) is 0 Å². The fraction of sp³-hybridized carbons (Fsp3) is 0.833. The van der Waals surface area contributed by atoms with Crippen molar-refractivity contribution >= 4 is 13.8 Å². The summed E-state index contributed by atoms with van der Waals surface area (Å²) in [6, 6.07) is 0. The topological polar surface area (TPSA) is 38.3 Å². The van der Waals surface area contributed by atoms with Gasteiger partial charge in [-0.25, -0.2) is 0 Å². The molecule has 0 heterocycles. The summed E-state index contributed by atoms with van der Waals surface area (Å²) in [5.74, 6) is -1.13. The maximum Gasteiger partial charge on any atom is 0.313 e. The molecule has 0 rings (SSSR count). The van der Waals surface area contributed by atoms with Crippen molar-refractivity contribution in [3.05, 3.63) is 0 Å². The second-order valence-corrected chi connectivity index (χ2v) is 2.25. The first kappa shape index (κ1) is 9.49. The quantitative estimate of drug-likeness (QED) is 0.431. The summed E-state index contributed by atoms with van der Waals surface area (Å²) in [5.41, 5.74) is 0. The van der Waals surface area contributed by atoms with Gasteiger partial charge in [-0.3, -0.25) is 4.79 Å². The van der Waals surface area contributed by atoms with Crippen LogP contribution in [0.2, 0.25) is 0 Å². The van der Waals surface area contributed by atoms with Gasteiger partial charge < -0.3 is 10.1 Å². The van der Waals surface area contributed by atoms with Crippen molar-refractivity contribution in [3.63, 3.8) is 0 Å². The van der Waals surface area contributed by atoms with Crippen molar-refractivity contribution in [1.29, 1.82) is 0 Å². The van der Waals surface area contributed by atoms with Crippen molar-refractivity contribution in [1.82, 2.24) is 5.32 Å². The fourth-order valence-corrected chi connectivity index (χ4v) is 0.423. The van der Waals surface area contributed by atoms with E-state index in [1.165, 1.54) is 0 Å². The van der Waals surface area contributed by atoms with Crippen molar-refractivity contribution in [3.8, 4) is 0 Å². The van der Waals surface area contributed by atoms with Crippen molar-refractivity contribution in [2.75, 3.05) is 7.05 Å². The molecular formula is C6H12BNO2. The van der Waals surface area contributed by atoms with Crippen LogP contribution in [0, 0.1) is 0 Å². The molecule has 0 aromatic heterocycles. The van der Waals surface area contributed by atoms with Gasteiger partial charge in [-0.05, 0) is 20.9 Å². The predicted octanol–water partition coefficient (Wildman–Crippen LogP) is -0.348. The lowest BCUT2D eigenvalue weighted by atomic mass is 9.97. The summed E-state index contributed by atoms with van der Waals surface area (Å²) < 4.78 is 4.78. The van der Waals surface area contributed by atoms with Gasteiger partial charge in [-0.1, -0.05) is 0 Å². The summed E-state index contributed by atoms with van der Waals surface area (Å²) in [4.78, 5) is 10.8. The summed E-state index contributed by atoms with van der Waals surface area (Å²) in [7, 11) is 6.88. The third-order valence-electron chi connectivity index (χ3n) is 0.917. The average Bonchev–Trinajstić information content (AvgIpc) is 1.85. The Hall–Kier alpha value is -0.505. The minimum Gasteiger partial charge on any atom is -0.462 e. The Balaban J connectivity index is 3.62. The van der Waals surface area contributed by atoms with Gasteiger partial charge in [0.25, 0.3) is 0 Å². The van der Waals surface area contributed by atoms with Gasteiger partial charge in [0.05, 0.1) is 12.0 Å². The van der Waals surface area contributed by atoms with Crippen LogP contribution in [-0.4, -0.2) is 32.9 Å². The molecule has 2 radical (unpaired) electrons. The molecule has 0 saturated carbocycles. The Morgan fingerprint density at radius 2 is 2.10 bits per heavy atom. The van der Waals surface area contributed by atoms with E-state index in [1.54, 1.807) is 20.9 Å². The van der Waals surface area contributed by atoms with Crippen LogP contribution in [0.3, 0.4) is 0 Å². The van der Waals surface area contributed by atoms with Gasteiger partial charge >= 0.3 is 5.97 Å². The van der Waals surface area contributed by atoms with E-state index in [4.69, 9.17) is 12.6 Å². The van der Waals surface area contributed by atoms with Gasteiger partial charge in [0.15, 0.2) is 0 Å². The molecule has 0 bridgehead atoms. The first-order chi connectivity index (χ1) is 4.57. The molecule has 0 aliphatic rings. The Bertz CT molecular complexity index is 116. The largest absolute Gasteiger partial charge is 0.462 e. The molecule has 0 fully saturated rings. The SMILES string of the molecule is [B]C(NC)C(=O)OC(C)C. The summed E-state index contributed by atoms with van der Waals surface area (Å²) in [6.07, 6.45) is -0.105. The Morgan fingerprint density at radius 1 is 1.60 bits per heavy atom. The second kappa shape index (κ2) is 4.33. The first-order valence-electron chi connectivity index (χ1n) is 3.21. The van der Waals surface area contributed by atoms with Crippen LogP contribution in [0.1, 0.15) is 13.8 Å². The molecular weight excluding hydrogens is 129 g/mol. The highest BCUT2D eigenvalue weighted by molar-refractivity contribution is 6.22. The Labute approximate surface area is 62.5 Å². The zero-order valence-corrected chi connectivity index (χ0v) is 6.55. The Kier molecular flexibility index (Phi) is 4.11. The minimum absolute atomic E-state index is 0.105. The zero-order chi connectivity index (χ0) is 8.15. The molecule has 0 amide bonds. The van der Waals surface area contributed by atoms with Crippen LogP contribution >= 0.6 is 0 Å². The standard InChI is InChI=1S/C6H12BNO2/c1-4(2)10-6(9)5(7)8-3/h4-5,8H,1-3H3. The van der Waals surface area contributed by atoms with Crippen LogP contribution in [0.5, 0.6) is 0 Å². The maximum absolute atomic E-state index is 10.8. The number of ether oxygens (including phenoxy) is 1. The van der Waals surface area contributed by atoms with Crippen molar-refractivity contribution in [2.45, 2.75) is 25.9 Å². The first-order valence-corrected chi connectivity index (χ1v) is 3.21. The van der Waals surface area contributed by atoms with E-state index in [9.17, 15) is 4.79 Å². The molecule has 10 heavy (non-hydrogen) atoms. The van der Waals surface area contributed by atoms with E-state index in [2.05, 4.69) is 5.32 Å². The minimum atomic E-state index is -0.706. The monoisotopic (exact) mass is 141 g/mol. The third-order valence-corrected chi connectivity index (χ3v) is 0.917. The lowest BCUT2D eigenvalue weighted by Crippen LogP contribution is -2.36. The van der Waals surface area contributed by atoms with Gasteiger partial charge in [-0.15, -0.1) is 0 Å². The number of carbonyl (C=O) groups excluding carboxylic acids is 1. The van der Waals surface area contributed by atoms with Gasteiger partial charge in [0.2, 0.25) is 0 Å². The molecule has 0 spiro atoms. The fourth-order valence-electron chi connectivity index (χ4n) is 0.423. The summed E-state index contributed by atoms with van der Waals surface area (Å²) in [6.45, 7) is 3.56.